The van der Waals surface area contributed by atoms with Crippen LogP contribution in [0.25, 0.3) is 0 Å². The Morgan fingerprint density at radius 3 is 2.71 bits per heavy atom. The molecule has 0 aromatic carbocycles. The van der Waals surface area contributed by atoms with Crippen molar-refractivity contribution in [2.45, 2.75) is 19.3 Å². The molecule has 2 N–H and O–H groups in total. The van der Waals surface area contributed by atoms with E-state index in [1.165, 1.54) is 0 Å². The lowest BCUT2D eigenvalue weighted by Gasteiger charge is -2.27. The molecule has 0 saturated carbocycles. The van der Waals surface area contributed by atoms with E-state index in [2.05, 4.69) is 10.6 Å². The van der Waals surface area contributed by atoms with Crippen molar-refractivity contribution < 1.29 is 4.79 Å². The maximum atomic E-state index is 11.6. The summed E-state index contributed by atoms with van der Waals surface area (Å²) >= 11 is 0. The molecule has 1 saturated heterocycles. The number of unbranched alkanes of at least 4 members (excludes halogenated alkanes) is 1. The van der Waals surface area contributed by atoms with Crippen LogP contribution in [-0.4, -0.2) is 50.6 Å². The molecule has 0 unspecified atom stereocenters. The number of amides is 1. The number of hydrogen-bond donors (Lipinski definition) is 2. The molecule has 4 nitrogen and oxygen atoms in total. The van der Waals surface area contributed by atoms with Gasteiger partial charge in [0.2, 0.25) is 5.91 Å². The van der Waals surface area contributed by atoms with Crippen LogP contribution in [-0.2, 0) is 4.79 Å². The molecule has 1 aliphatic rings. The predicted octanol–water partition coefficient (Wildman–Crippen LogP) is -0.192. The minimum Gasteiger partial charge on any atom is -0.340 e. The Labute approximate surface area is 86.0 Å². The van der Waals surface area contributed by atoms with Gasteiger partial charge in [-0.15, -0.1) is 0 Å². The number of carbonyl (C=O) groups is 1. The maximum Gasteiger partial charge on any atom is 0.222 e. The fourth-order valence-electron chi connectivity index (χ4n) is 1.65. The average Bonchev–Trinajstić information content (AvgIpc) is 2.25. The van der Waals surface area contributed by atoms with Gasteiger partial charge in [-0.1, -0.05) is 0 Å². The van der Waals surface area contributed by atoms with E-state index in [1.54, 1.807) is 0 Å². The van der Waals surface area contributed by atoms with Crippen molar-refractivity contribution in [1.82, 2.24) is 15.5 Å². The summed E-state index contributed by atoms with van der Waals surface area (Å²) in [4.78, 5) is 13.6. The summed E-state index contributed by atoms with van der Waals surface area (Å²) in [6, 6.07) is 0. The summed E-state index contributed by atoms with van der Waals surface area (Å²) in [6.45, 7) is 4.66. The van der Waals surface area contributed by atoms with Gasteiger partial charge in [0, 0.05) is 32.6 Å². The molecule has 0 aromatic heterocycles. The van der Waals surface area contributed by atoms with Crippen LogP contribution in [0.3, 0.4) is 0 Å². The first kappa shape index (κ1) is 11.5. The van der Waals surface area contributed by atoms with Crippen LogP contribution in [0, 0.1) is 0 Å². The van der Waals surface area contributed by atoms with E-state index in [4.69, 9.17) is 0 Å². The van der Waals surface area contributed by atoms with E-state index in [1.807, 2.05) is 11.9 Å². The molecular weight excluding hydrogens is 178 g/mol. The standard InChI is InChI=1S/C10H21N3O/c1-11-5-3-2-4-10(14)13-8-6-12-7-9-13/h11-12H,2-9H2,1H3. The monoisotopic (exact) mass is 199 g/mol. The summed E-state index contributed by atoms with van der Waals surface area (Å²) in [5.41, 5.74) is 0. The second-order valence-corrected chi connectivity index (χ2v) is 3.69. The molecule has 0 atom stereocenters. The zero-order valence-corrected chi connectivity index (χ0v) is 9.01. The van der Waals surface area contributed by atoms with E-state index in [9.17, 15) is 4.79 Å². The van der Waals surface area contributed by atoms with Gasteiger partial charge in [0.15, 0.2) is 0 Å². The van der Waals surface area contributed by atoms with Gasteiger partial charge in [-0.2, -0.15) is 0 Å². The van der Waals surface area contributed by atoms with Crippen LogP contribution in [0.15, 0.2) is 0 Å². The van der Waals surface area contributed by atoms with Crippen molar-refractivity contribution in [3.8, 4) is 0 Å². The second kappa shape index (κ2) is 6.79. The van der Waals surface area contributed by atoms with E-state index in [-0.39, 0.29) is 0 Å². The van der Waals surface area contributed by atoms with Crippen LogP contribution in [0.4, 0.5) is 0 Å². The highest BCUT2D eigenvalue weighted by Crippen LogP contribution is 2.01. The number of carbonyl (C=O) groups excluding carboxylic acids is 1. The predicted molar refractivity (Wildman–Crippen MR) is 57.2 cm³/mol. The molecule has 1 aliphatic heterocycles. The van der Waals surface area contributed by atoms with Crippen molar-refractivity contribution in [2.75, 3.05) is 39.8 Å². The van der Waals surface area contributed by atoms with Gasteiger partial charge in [-0.3, -0.25) is 4.79 Å². The Hall–Kier alpha value is -0.610. The lowest BCUT2D eigenvalue weighted by molar-refractivity contribution is -0.131. The number of nitrogens with one attached hydrogen (secondary N) is 2. The molecule has 14 heavy (non-hydrogen) atoms. The van der Waals surface area contributed by atoms with Gasteiger partial charge in [0.25, 0.3) is 0 Å². The third kappa shape index (κ3) is 4.07. The van der Waals surface area contributed by atoms with Gasteiger partial charge < -0.3 is 15.5 Å². The van der Waals surface area contributed by atoms with Gasteiger partial charge >= 0.3 is 0 Å². The highest BCUT2D eigenvalue weighted by atomic mass is 16.2. The lowest BCUT2D eigenvalue weighted by Crippen LogP contribution is -2.46. The summed E-state index contributed by atoms with van der Waals surface area (Å²) in [6.07, 6.45) is 2.81. The Balaban J connectivity index is 2.07. The zero-order chi connectivity index (χ0) is 10.2. The fraction of sp³-hybridized carbons (Fsp3) is 0.900. The molecule has 1 heterocycles. The summed E-state index contributed by atoms with van der Waals surface area (Å²) < 4.78 is 0. The first-order valence-corrected chi connectivity index (χ1v) is 5.47. The SMILES string of the molecule is CNCCCCC(=O)N1CCNCC1. The van der Waals surface area contributed by atoms with E-state index in [0.717, 1.165) is 45.6 Å². The molecule has 0 bridgehead atoms. The highest BCUT2D eigenvalue weighted by Gasteiger charge is 2.14. The van der Waals surface area contributed by atoms with E-state index >= 15 is 0 Å². The number of hydrogen-bond acceptors (Lipinski definition) is 3. The molecule has 4 heteroatoms. The number of rotatable bonds is 5. The van der Waals surface area contributed by atoms with Crippen LogP contribution >= 0.6 is 0 Å². The molecule has 1 fully saturated rings. The Morgan fingerprint density at radius 1 is 1.36 bits per heavy atom. The lowest BCUT2D eigenvalue weighted by atomic mass is 10.2. The molecule has 0 spiro atoms. The van der Waals surface area contributed by atoms with Crippen molar-refractivity contribution in [2.24, 2.45) is 0 Å². The first-order valence-electron chi connectivity index (χ1n) is 5.47. The molecule has 1 rings (SSSR count). The minimum atomic E-state index is 0.322. The Morgan fingerprint density at radius 2 is 2.07 bits per heavy atom. The molecule has 1 amide bonds. The quantitative estimate of drug-likeness (QED) is 0.603. The van der Waals surface area contributed by atoms with Crippen LogP contribution in [0.1, 0.15) is 19.3 Å². The third-order valence-electron chi connectivity index (χ3n) is 2.54. The van der Waals surface area contributed by atoms with Crippen molar-refractivity contribution in [3.63, 3.8) is 0 Å². The molecule has 0 radical (unpaired) electrons. The zero-order valence-electron chi connectivity index (χ0n) is 9.01. The van der Waals surface area contributed by atoms with Crippen molar-refractivity contribution in [3.05, 3.63) is 0 Å². The fourth-order valence-corrected chi connectivity index (χ4v) is 1.65. The van der Waals surface area contributed by atoms with Crippen LogP contribution in [0.5, 0.6) is 0 Å². The third-order valence-corrected chi connectivity index (χ3v) is 2.54. The smallest absolute Gasteiger partial charge is 0.222 e. The maximum absolute atomic E-state index is 11.6. The largest absolute Gasteiger partial charge is 0.340 e. The number of piperazine rings is 1. The Bertz CT molecular complexity index is 167. The second-order valence-electron chi connectivity index (χ2n) is 3.69. The molecule has 0 aliphatic carbocycles. The van der Waals surface area contributed by atoms with Crippen molar-refractivity contribution >= 4 is 5.91 Å². The Kier molecular flexibility index (Phi) is 5.56. The molecule has 0 aromatic rings. The first-order chi connectivity index (χ1) is 6.84. The average molecular weight is 199 g/mol. The van der Waals surface area contributed by atoms with Crippen molar-refractivity contribution in [1.29, 1.82) is 0 Å². The van der Waals surface area contributed by atoms with Gasteiger partial charge in [-0.25, -0.2) is 0 Å². The topological polar surface area (TPSA) is 44.4 Å². The van der Waals surface area contributed by atoms with Gasteiger partial charge in [-0.05, 0) is 26.4 Å². The summed E-state index contributed by atoms with van der Waals surface area (Å²) in [5, 5.41) is 6.33. The number of nitrogens with zero attached hydrogens (tertiary/aromatic N) is 1. The minimum absolute atomic E-state index is 0.322. The molecular formula is C10H21N3O. The van der Waals surface area contributed by atoms with Gasteiger partial charge in [0.05, 0.1) is 0 Å². The van der Waals surface area contributed by atoms with Crippen LogP contribution < -0.4 is 10.6 Å². The summed E-state index contributed by atoms with van der Waals surface area (Å²) in [5.74, 6) is 0.322. The highest BCUT2D eigenvalue weighted by molar-refractivity contribution is 5.76. The normalized spacial score (nSPS) is 17.1. The molecule has 82 valence electrons. The van der Waals surface area contributed by atoms with E-state index in [0.29, 0.717) is 12.3 Å². The van der Waals surface area contributed by atoms with E-state index < -0.39 is 0 Å². The van der Waals surface area contributed by atoms with Crippen LogP contribution in [0.2, 0.25) is 0 Å². The summed E-state index contributed by atoms with van der Waals surface area (Å²) in [7, 11) is 1.94. The van der Waals surface area contributed by atoms with Gasteiger partial charge in [0.1, 0.15) is 0 Å².